The zero-order valence-electron chi connectivity index (χ0n) is 13.1. The van der Waals surface area contributed by atoms with Crippen LogP contribution in [-0.4, -0.2) is 30.8 Å². The average Bonchev–Trinajstić information content (AvgIpc) is 3.15. The molecule has 3 heterocycles. The molecule has 0 atom stereocenters. The lowest BCUT2D eigenvalue weighted by molar-refractivity contribution is 0.0690. The average molecular weight is 339 g/mol. The summed E-state index contributed by atoms with van der Waals surface area (Å²) in [5, 5.41) is 13.8. The summed E-state index contributed by atoms with van der Waals surface area (Å²) < 4.78 is 14.8. The van der Waals surface area contributed by atoms with Crippen molar-refractivity contribution in [1.29, 1.82) is 0 Å². The van der Waals surface area contributed by atoms with E-state index in [1.807, 2.05) is 15.8 Å². The van der Waals surface area contributed by atoms with Crippen LogP contribution in [0.2, 0.25) is 0 Å². The van der Waals surface area contributed by atoms with E-state index in [0.717, 1.165) is 16.8 Å². The van der Waals surface area contributed by atoms with Crippen LogP contribution in [0.1, 0.15) is 27.3 Å². The number of nitrogens with zero attached hydrogens (tertiary/aromatic N) is 5. The Morgan fingerprint density at radius 2 is 1.92 bits per heavy atom. The molecular weight excluding hydrogens is 325 g/mol. The molecule has 0 saturated heterocycles. The van der Waals surface area contributed by atoms with E-state index in [4.69, 9.17) is 0 Å². The number of carbonyl (C=O) groups is 1. The molecule has 8 heteroatoms. The van der Waals surface area contributed by atoms with Crippen LogP contribution in [0.4, 0.5) is 10.2 Å². The summed E-state index contributed by atoms with van der Waals surface area (Å²) in [5.74, 6) is -1.02. The number of benzene rings is 1. The number of rotatable bonds is 4. The van der Waals surface area contributed by atoms with Gasteiger partial charge in [0.05, 0.1) is 18.8 Å². The maximum atomic E-state index is 13.0. The van der Waals surface area contributed by atoms with E-state index in [2.05, 4.69) is 15.1 Å². The summed E-state index contributed by atoms with van der Waals surface area (Å²) in [5.41, 5.74) is 2.79. The van der Waals surface area contributed by atoms with Gasteiger partial charge in [0.1, 0.15) is 5.82 Å². The van der Waals surface area contributed by atoms with Crippen molar-refractivity contribution in [3.05, 3.63) is 71.2 Å². The summed E-state index contributed by atoms with van der Waals surface area (Å²) in [6, 6.07) is 6.31. The SMILES string of the molecule is O=C(O)c1nccnc1N1Cc2cn(Cc3ccc(F)cc3)nc2C1. The zero-order chi connectivity index (χ0) is 17.4. The molecule has 4 rings (SSSR count). The zero-order valence-corrected chi connectivity index (χ0v) is 13.1. The number of carboxylic acid groups (broad SMARTS) is 1. The molecule has 0 radical (unpaired) electrons. The first kappa shape index (κ1) is 15.3. The van der Waals surface area contributed by atoms with Crippen molar-refractivity contribution < 1.29 is 14.3 Å². The van der Waals surface area contributed by atoms with Crippen LogP contribution in [0.5, 0.6) is 0 Å². The lowest BCUT2D eigenvalue weighted by Gasteiger charge is -2.17. The second kappa shape index (κ2) is 5.97. The number of aromatic carboxylic acids is 1. The molecule has 25 heavy (non-hydrogen) atoms. The normalized spacial score (nSPS) is 13.1. The molecule has 0 spiro atoms. The van der Waals surface area contributed by atoms with Crippen molar-refractivity contribution in [1.82, 2.24) is 19.7 Å². The Kier molecular flexibility index (Phi) is 3.64. The molecule has 0 fully saturated rings. The predicted molar refractivity (Wildman–Crippen MR) is 86.6 cm³/mol. The van der Waals surface area contributed by atoms with Crippen LogP contribution in [0.15, 0.2) is 42.9 Å². The minimum atomic E-state index is -1.10. The maximum absolute atomic E-state index is 13.0. The minimum absolute atomic E-state index is 0.0631. The van der Waals surface area contributed by atoms with E-state index in [9.17, 15) is 14.3 Å². The van der Waals surface area contributed by atoms with Crippen molar-refractivity contribution in [3.8, 4) is 0 Å². The highest BCUT2D eigenvalue weighted by Gasteiger charge is 2.27. The van der Waals surface area contributed by atoms with E-state index < -0.39 is 5.97 Å². The molecule has 1 aliphatic rings. The molecule has 0 bridgehead atoms. The highest BCUT2D eigenvalue weighted by Crippen LogP contribution is 2.27. The van der Waals surface area contributed by atoms with Crippen molar-refractivity contribution in [3.63, 3.8) is 0 Å². The Morgan fingerprint density at radius 3 is 2.64 bits per heavy atom. The standard InChI is InChI=1S/C17H14FN5O2/c18-13-3-1-11(2-4-13)7-23-9-12-8-22(10-14(12)21-23)16-15(17(24)25)19-5-6-20-16/h1-6,9H,7-8,10H2,(H,24,25). The third-order valence-corrected chi connectivity index (χ3v) is 4.07. The van der Waals surface area contributed by atoms with Crippen LogP contribution in [0.25, 0.3) is 0 Å². The first-order valence-corrected chi connectivity index (χ1v) is 7.69. The largest absolute Gasteiger partial charge is 0.476 e. The molecule has 2 aromatic heterocycles. The molecule has 0 saturated carbocycles. The van der Waals surface area contributed by atoms with Gasteiger partial charge in [-0.05, 0) is 17.7 Å². The number of aromatic nitrogens is 4. The first-order chi connectivity index (χ1) is 12.1. The topological polar surface area (TPSA) is 84.1 Å². The lowest BCUT2D eigenvalue weighted by atomic mass is 10.2. The molecule has 0 amide bonds. The minimum Gasteiger partial charge on any atom is -0.476 e. The molecular formula is C17H14FN5O2. The fourth-order valence-electron chi connectivity index (χ4n) is 2.93. The highest BCUT2D eigenvalue weighted by atomic mass is 19.1. The smallest absolute Gasteiger partial charge is 0.358 e. The maximum Gasteiger partial charge on any atom is 0.358 e. The van der Waals surface area contributed by atoms with Crippen molar-refractivity contribution >= 4 is 11.8 Å². The van der Waals surface area contributed by atoms with Gasteiger partial charge in [0, 0.05) is 30.7 Å². The van der Waals surface area contributed by atoms with Gasteiger partial charge < -0.3 is 10.0 Å². The summed E-state index contributed by atoms with van der Waals surface area (Å²) >= 11 is 0. The Balaban J connectivity index is 1.52. The number of fused-ring (bicyclic) bond motifs is 1. The Labute approximate surface area is 142 Å². The number of carboxylic acids is 1. The summed E-state index contributed by atoms with van der Waals surface area (Å²) in [4.78, 5) is 21.2. The van der Waals surface area contributed by atoms with E-state index in [-0.39, 0.29) is 11.5 Å². The molecule has 3 aromatic rings. The van der Waals surface area contributed by atoms with Gasteiger partial charge in [-0.15, -0.1) is 0 Å². The third kappa shape index (κ3) is 2.93. The highest BCUT2D eigenvalue weighted by molar-refractivity contribution is 5.91. The van der Waals surface area contributed by atoms with Crippen molar-refractivity contribution in [2.45, 2.75) is 19.6 Å². The molecule has 0 aliphatic carbocycles. The molecule has 1 aromatic carbocycles. The van der Waals surface area contributed by atoms with Gasteiger partial charge in [-0.3, -0.25) is 4.68 Å². The van der Waals surface area contributed by atoms with Gasteiger partial charge >= 0.3 is 5.97 Å². The Hall–Kier alpha value is -3.29. The Morgan fingerprint density at radius 1 is 1.16 bits per heavy atom. The predicted octanol–water partition coefficient (Wildman–Crippen LogP) is 2.08. The van der Waals surface area contributed by atoms with Gasteiger partial charge in [-0.25, -0.2) is 19.2 Å². The number of hydrogen-bond acceptors (Lipinski definition) is 5. The molecule has 0 unspecified atom stereocenters. The van der Waals surface area contributed by atoms with Crippen molar-refractivity contribution in [2.75, 3.05) is 4.90 Å². The summed E-state index contributed by atoms with van der Waals surface area (Å²) in [7, 11) is 0. The van der Waals surface area contributed by atoms with Gasteiger partial charge in [-0.2, -0.15) is 5.10 Å². The van der Waals surface area contributed by atoms with Gasteiger partial charge in [0.2, 0.25) is 0 Å². The van der Waals surface area contributed by atoms with Gasteiger partial charge in [0.15, 0.2) is 11.5 Å². The monoisotopic (exact) mass is 339 g/mol. The number of halogens is 1. The quantitative estimate of drug-likeness (QED) is 0.783. The molecule has 1 aliphatic heterocycles. The van der Waals surface area contributed by atoms with Crippen LogP contribution in [0.3, 0.4) is 0 Å². The first-order valence-electron chi connectivity index (χ1n) is 7.69. The number of anilines is 1. The van der Waals surface area contributed by atoms with E-state index >= 15 is 0 Å². The summed E-state index contributed by atoms with van der Waals surface area (Å²) in [6.07, 6.45) is 4.77. The van der Waals surface area contributed by atoms with Crippen LogP contribution in [0, 0.1) is 5.82 Å². The fraction of sp³-hybridized carbons (Fsp3) is 0.176. The van der Waals surface area contributed by atoms with Crippen LogP contribution < -0.4 is 4.90 Å². The molecule has 126 valence electrons. The van der Waals surface area contributed by atoms with Crippen molar-refractivity contribution in [2.24, 2.45) is 0 Å². The summed E-state index contributed by atoms with van der Waals surface area (Å²) in [6.45, 7) is 1.56. The second-order valence-electron chi connectivity index (χ2n) is 5.81. The number of hydrogen-bond donors (Lipinski definition) is 1. The Bertz CT molecular complexity index is 915. The van der Waals surface area contributed by atoms with E-state index in [0.29, 0.717) is 25.5 Å². The fourth-order valence-corrected chi connectivity index (χ4v) is 2.93. The van der Waals surface area contributed by atoms with E-state index in [1.165, 1.54) is 24.5 Å². The third-order valence-electron chi connectivity index (χ3n) is 4.07. The lowest BCUT2D eigenvalue weighted by Crippen LogP contribution is -2.21. The molecule has 1 N–H and O–H groups in total. The van der Waals surface area contributed by atoms with Crippen LogP contribution in [-0.2, 0) is 19.6 Å². The van der Waals surface area contributed by atoms with Gasteiger partial charge in [-0.1, -0.05) is 12.1 Å². The van der Waals surface area contributed by atoms with Crippen LogP contribution >= 0.6 is 0 Å². The molecule has 7 nitrogen and oxygen atoms in total. The van der Waals surface area contributed by atoms with E-state index in [1.54, 1.807) is 12.1 Å². The second-order valence-corrected chi connectivity index (χ2v) is 5.81. The van der Waals surface area contributed by atoms with Gasteiger partial charge in [0.25, 0.3) is 0 Å².